The van der Waals surface area contributed by atoms with Gasteiger partial charge in [-0.25, -0.2) is 9.18 Å². The molecule has 1 aliphatic rings. The summed E-state index contributed by atoms with van der Waals surface area (Å²) < 4.78 is 21.3. The average molecular weight is 637 g/mol. The average Bonchev–Trinajstić information content (AvgIpc) is 3.23. The van der Waals surface area contributed by atoms with Crippen molar-refractivity contribution >= 4 is 52.4 Å². The number of ether oxygens (including phenoxy) is 1. The van der Waals surface area contributed by atoms with Gasteiger partial charge >= 0.3 is 5.97 Å². The van der Waals surface area contributed by atoms with Gasteiger partial charge in [0, 0.05) is 28.9 Å². The van der Waals surface area contributed by atoms with E-state index in [1.165, 1.54) is 31.4 Å². The Balaban J connectivity index is 1.94. The Morgan fingerprint density at radius 2 is 1.83 bits per heavy atom. The summed E-state index contributed by atoms with van der Waals surface area (Å²) in [5.74, 6) is -2.77. The SMILES string of the molecule is COc1cc(C(=O)O)ccc1NC(=O)[C@@H]1N[C@@H](CC(C)(C)C)[C@](CN)(c2ccc(Cl)cc2F)[C@H]1c1cccc(Cl)c1Cl. The Bertz CT molecular complexity index is 1510. The molecular weight excluding hydrogens is 604 g/mol. The Labute approximate surface area is 259 Å². The lowest BCUT2D eigenvalue weighted by molar-refractivity contribution is -0.118. The molecule has 1 heterocycles. The monoisotopic (exact) mass is 635 g/mol. The predicted octanol–water partition coefficient (Wildman–Crippen LogP) is 6.89. The summed E-state index contributed by atoms with van der Waals surface area (Å²) in [6.45, 7) is 6.13. The molecule has 0 aromatic heterocycles. The Hall–Kier alpha value is -2.88. The predicted molar refractivity (Wildman–Crippen MR) is 165 cm³/mol. The summed E-state index contributed by atoms with van der Waals surface area (Å²) in [6.07, 6.45) is 0.529. The smallest absolute Gasteiger partial charge is 0.335 e. The molecule has 0 spiro atoms. The van der Waals surface area contributed by atoms with E-state index < -0.39 is 41.1 Å². The summed E-state index contributed by atoms with van der Waals surface area (Å²) in [6, 6.07) is 12.3. The van der Waals surface area contributed by atoms with Crippen molar-refractivity contribution in [1.82, 2.24) is 5.32 Å². The van der Waals surface area contributed by atoms with Crippen LogP contribution in [0.4, 0.5) is 10.1 Å². The number of aromatic carboxylic acids is 1. The van der Waals surface area contributed by atoms with Crippen LogP contribution >= 0.6 is 34.8 Å². The quantitative estimate of drug-likeness (QED) is 0.214. The second-order valence-corrected chi connectivity index (χ2v) is 12.9. The van der Waals surface area contributed by atoms with Crippen LogP contribution in [0.15, 0.2) is 54.6 Å². The molecular formula is C31H33Cl3FN3O4. The number of methoxy groups -OCH3 is 1. The zero-order valence-electron chi connectivity index (χ0n) is 23.6. The van der Waals surface area contributed by atoms with Crippen LogP contribution in [0, 0.1) is 11.2 Å². The van der Waals surface area contributed by atoms with Crippen molar-refractivity contribution in [1.29, 1.82) is 0 Å². The van der Waals surface area contributed by atoms with Crippen LogP contribution in [0.25, 0.3) is 0 Å². The maximum atomic E-state index is 15.9. The van der Waals surface area contributed by atoms with Crippen molar-refractivity contribution in [3.8, 4) is 5.75 Å². The molecule has 1 amide bonds. The number of benzene rings is 3. The van der Waals surface area contributed by atoms with Crippen molar-refractivity contribution in [2.75, 3.05) is 19.0 Å². The van der Waals surface area contributed by atoms with Crippen molar-refractivity contribution in [2.45, 2.75) is 50.6 Å². The summed E-state index contributed by atoms with van der Waals surface area (Å²) >= 11 is 19.4. The number of rotatable bonds is 8. The first-order chi connectivity index (χ1) is 19.7. The molecule has 0 bridgehead atoms. The van der Waals surface area contributed by atoms with Gasteiger partial charge in [-0.1, -0.05) is 73.8 Å². The van der Waals surface area contributed by atoms with Gasteiger partial charge in [0.15, 0.2) is 0 Å². The second kappa shape index (κ2) is 12.4. The van der Waals surface area contributed by atoms with Gasteiger partial charge in [-0.15, -0.1) is 0 Å². The first kappa shape index (κ1) is 32.0. The van der Waals surface area contributed by atoms with Gasteiger partial charge < -0.3 is 26.2 Å². The molecule has 3 aromatic carbocycles. The van der Waals surface area contributed by atoms with Crippen LogP contribution in [0.1, 0.15) is 54.6 Å². The summed E-state index contributed by atoms with van der Waals surface area (Å²) in [5, 5.41) is 16.5. The van der Waals surface area contributed by atoms with E-state index in [1.54, 1.807) is 30.3 Å². The van der Waals surface area contributed by atoms with E-state index >= 15 is 4.39 Å². The van der Waals surface area contributed by atoms with Gasteiger partial charge in [0.1, 0.15) is 11.6 Å². The minimum atomic E-state index is -1.16. The molecule has 1 fully saturated rings. The summed E-state index contributed by atoms with van der Waals surface area (Å²) in [7, 11) is 1.38. The summed E-state index contributed by atoms with van der Waals surface area (Å²) in [5.41, 5.74) is 6.31. The standard InChI is InChI=1S/C31H33Cl3FN3O4/c1-30(2,3)14-24-31(15-36,19-10-9-17(32)13-21(19)35)25(18-6-5-7-20(33)26(18)34)27(38-24)28(39)37-22-11-8-16(29(40)41)12-23(22)42-4/h5-13,24-25,27,38H,14-15,36H2,1-4H3,(H,37,39)(H,40,41)/t24-,25-,27+,31-/m0/s1. The fraction of sp³-hybridized carbons (Fsp3) is 0.355. The number of hydrogen-bond donors (Lipinski definition) is 4. The van der Waals surface area contributed by atoms with Gasteiger partial charge in [0.25, 0.3) is 0 Å². The maximum Gasteiger partial charge on any atom is 0.335 e. The highest BCUT2D eigenvalue weighted by atomic mass is 35.5. The molecule has 7 nitrogen and oxygen atoms in total. The molecule has 0 unspecified atom stereocenters. The Kier molecular flexibility index (Phi) is 9.45. The molecule has 4 rings (SSSR count). The zero-order chi connectivity index (χ0) is 31.0. The number of carbonyl (C=O) groups excluding carboxylic acids is 1. The third-order valence-corrected chi connectivity index (χ3v) is 8.85. The zero-order valence-corrected chi connectivity index (χ0v) is 25.9. The molecule has 5 N–H and O–H groups in total. The third kappa shape index (κ3) is 6.10. The normalized spacial score (nSPS) is 22.2. The lowest BCUT2D eigenvalue weighted by atomic mass is 9.62. The molecule has 0 radical (unpaired) electrons. The van der Waals surface area contributed by atoms with Gasteiger partial charge in [-0.3, -0.25) is 4.79 Å². The Morgan fingerprint density at radius 1 is 1.12 bits per heavy atom. The van der Waals surface area contributed by atoms with Crippen LogP contribution in [0.3, 0.4) is 0 Å². The largest absolute Gasteiger partial charge is 0.495 e. The van der Waals surface area contributed by atoms with E-state index in [-0.39, 0.29) is 44.0 Å². The number of hydrogen-bond acceptors (Lipinski definition) is 5. The number of amides is 1. The lowest BCUT2D eigenvalue weighted by Gasteiger charge is -2.42. The van der Waals surface area contributed by atoms with Crippen LogP contribution in [-0.2, 0) is 10.2 Å². The van der Waals surface area contributed by atoms with Crippen LogP contribution in [0.5, 0.6) is 5.75 Å². The highest BCUT2D eigenvalue weighted by Crippen LogP contribution is 2.53. The van der Waals surface area contributed by atoms with E-state index in [9.17, 15) is 14.7 Å². The molecule has 1 aliphatic heterocycles. The molecule has 42 heavy (non-hydrogen) atoms. The van der Waals surface area contributed by atoms with Gasteiger partial charge in [-0.05, 0) is 59.4 Å². The van der Waals surface area contributed by atoms with E-state index in [0.29, 0.717) is 17.5 Å². The summed E-state index contributed by atoms with van der Waals surface area (Å²) in [4.78, 5) is 25.7. The van der Waals surface area contributed by atoms with Crippen LogP contribution in [0.2, 0.25) is 15.1 Å². The fourth-order valence-electron chi connectivity index (χ4n) is 6.01. The number of carboxylic acids is 1. The minimum Gasteiger partial charge on any atom is -0.495 e. The van der Waals surface area contributed by atoms with E-state index in [1.807, 2.05) is 0 Å². The van der Waals surface area contributed by atoms with Crippen LogP contribution in [-0.4, -0.2) is 42.7 Å². The van der Waals surface area contributed by atoms with E-state index in [2.05, 4.69) is 31.4 Å². The fourth-order valence-corrected chi connectivity index (χ4v) is 6.60. The van der Waals surface area contributed by atoms with Gasteiger partial charge in [0.05, 0.1) is 34.4 Å². The van der Waals surface area contributed by atoms with Crippen molar-refractivity contribution in [3.63, 3.8) is 0 Å². The number of halogens is 4. The molecule has 3 aromatic rings. The third-order valence-electron chi connectivity index (χ3n) is 7.78. The number of carboxylic acid groups (broad SMARTS) is 1. The topological polar surface area (TPSA) is 114 Å². The first-order valence-electron chi connectivity index (χ1n) is 13.3. The highest BCUT2D eigenvalue weighted by Gasteiger charge is 2.59. The highest BCUT2D eigenvalue weighted by molar-refractivity contribution is 6.42. The number of carbonyl (C=O) groups is 2. The first-order valence-corrected chi connectivity index (χ1v) is 14.4. The molecule has 4 atom stereocenters. The number of nitrogens with two attached hydrogens (primary N) is 1. The van der Waals surface area contributed by atoms with Crippen molar-refractivity contribution < 1.29 is 23.8 Å². The molecule has 224 valence electrons. The second-order valence-electron chi connectivity index (χ2n) is 11.7. The van der Waals surface area contributed by atoms with Crippen molar-refractivity contribution in [2.24, 2.45) is 11.1 Å². The van der Waals surface area contributed by atoms with Gasteiger partial charge in [-0.2, -0.15) is 0 Å². The van der Waals surface area contributed by atoms with E-state index in [4.69, 9.17) is 45.3 Å². The van der Waals surface area contributed by atoms with Gasteiger partial charge in [0.2, 0.25) is 5.91 Å². The molecule has 0 aliphatic carbocycles. The Morgan fingerprint density at radius 3 is 2.43 bits per heavy atom. The number of nitrogens with one attached hydrogen (secondary N) is 2. The number of anilines is 1. The van der Waals surface area contributed by atoms with E-state index in [0.717, 1.165) is 0 Å². The molecule has 11 heteroatoms. The molecule has 0 saturated carbocycles. The minimum absolute atomic E-state index is 0.00182. The lowest BCUT2D eigenvalue weighted by Crippen LogP contribution is -2.50. The van der Waals surface area contributed by atoms with Crippen LogP contribution < -0.4 is 21.1 Å². The van der Waals surface area contributed by atoms with Crippen molar-refractivity contribution in [3.05, 3.63) is 92.2 Å². The molecule has 1 saturated heterocycles. The maximum absolute atomic E-state index is 15.9.